The molecule has 0 aliphatic carbocycles. The van der Waals surface area contributed by atoms with Crippen LogP contribution in [0.2, 0.25) is 0 Å². The molecule has 1 aliphatic heterocycles. The fourth-order valence-corrected chi connectivity index (χ4v) is 2.81. The number of nitrogens with zero attached hydrogens (tertiary/aromatic N) is 2. The molecule has 0 spiro atoms. The Balaban J connectivity index is 1.54. The van der Waals surface area contributed by atoms with E-state index < -0.39 is 0 Å². The molecule has 6 nitrogen and oxygen atoms in total. The van der Waals surface area contributed by atoms with Gasteiger partial charge in [0.05, 0.1) is 5.56 Å². The number of aromatic nitrogens is 2. The molecule has 1 aliphatic rings. The lowest BCUT2D eigenvalue weighted by Crippen LogP contribution is -2.27. The Kier molecular flexibility index (Phi) is 5.03. The Hall–Kier alpha value is -2.50. The van der Waals surface area contributed by atoms with Gasteiger partial charge in [-0.25, -0.2) is 4.98 Å². The molecule has 3 rings (SSSR count). The molecule has 0 bridgehead atoms. The molecule has 0 saturated heterocycles. The first kappa shape index (κ1) is 16.4. The van der Waals surface area contributed by atoms with Gasteiger partial charge >= 0.3 is 0 Å². The van der Waals surface area contributed by atoms with E-state index in [0.717, 1.165) is 18.8 Å². The molecule has 0 fully saturated rings. The van der Waals surface area contributed by atoms with E-state index in [0.29, 0.717) is 42.7 Å². The second kappa shape index (κ2) is 7.38. The van der Waals surface area contributed by atoms with Gasteiger partial charge in [-0.3, -0.25) is 4.79 Å². The number of fused-ring (bicyclic) bond motifs is 1. The van der Waals surface area contributed by atoms with E-state index in [9.17, 15) is 4.79 Å². The Labute approximate surface area is 141 Å². The van der Waals surface area contributed by atoms with Gasteiger partial charge in [0.15, 0.2) is 11.5 Å². The van der Waals surface area contributed by atoms with Gasteiger partial charge < -0.3 is 19.4 Å². The van der Waals surface area contributed by atoms with Crippen LogP contribution in [0.5, 0.6) is 11.5 Å². The highest BCUT2D eigenvalue weighted by Gasteiger charge is 2.19. The van der Waals surface area contributed by atoms with E-state index in [-0.39, 0.29) is 5.91 Å². The van der Waals surface area contributed by atoms with Crippen molar-refractivity contribution in [3.8, 4) is 11.5 Å². The molecular weight excluding hydrogens is 306 g/mol. The lowest BCUT2D eigenvalue weighted by atomic mass is 10.1. The van der Waals surface area contributed by atoms with Crippen molar-refractivity contribution in [1.82, 2.24) is 14.9 Å². The summed E-state index contributed by atoms with van der Waals surface area (Å²) in [6.07, 6.45) is 4.64. The van der Waals surface area contributed by atoms with Crippen LogP contribution < -0.4 is 14.8 Å². The van der Waals surface area contributed by atoms with Crippen LogP contribution in [0.1, 0.15) is 42.4 Å². The van der Waals surface area contributed by atoms with Crippen LogP contribution >= 0.6 is 0 Å². The summed E-state index contributed by atoms with van der Waals surface area (Å²) in [6, 6.07) is 5.39. The highest BCUT2D eigenvalue weighted by molar-refractivity contribution is 5.97. The molecule has 0 radical (unpaired) electrons. The first-order chi connectivity index (χ1) is 11.7. The third-order valence-electron chi connectivity index (χ3n) is 3.94. The third-order valence-corrected chi connectivity index (χ3v) is 3.94. The van der Waals surface area contributed by atoms with Gasteiger partial charge in [0.2, 0.25) is 0 Å². The molecule has 6 heteroatoms. The summed E-state index contributed by atoms with van der Waals surface area (Å²) in [4.78, 5) is 16.8. The number of benzene rings is 1. The highest BCUT2D eigenvalue weighted by Crippen LogP contribution is 2.33. The zero-order valence-electron chi connectivity index (χ0n) is 14.1. The van der Waals surface area contributed by atoms with Crippen LogP contribution in [0, 0.1) is 0 Å². The van der Waals surface area contributed by atoms with Crippen LogP contribution in [0.3, 0.4) is 0 Å². The molecule has 2 heterocycles. The SMILES string of the molecule is CC(C)c1nccn1CCCNC(=O)c1cccc2c1OCCO2. The molecule has 1 N–H and O–H groups in total. The van der Waals surface area contributed by atoms with Crippen LogP contribution in [-0.4, -0.2) is 35.2 Å². The average molecular weight is 329 g/mol. The number of carbonyl (C=O) groups excluding carboxylic acids is 1. The molecule has 2 aromatic rings. The molecule has 0 saturated carbocycles. The van der Waals surface area contributed by atoms with Gasteiger partial charge in [0, 0.05) is 31.4 Å². The predicted molar refractivity (Wildman–Crippen MR) is 90.7 cm³/mol. The molecule has 1 amide bonds. The largest absolute Gasteiger partial charge is 0.486 e. The molecule has 1 aromatic carbocycles. The monoisotopic (exact) mass is 329 g/mol. The number of carbonyl (C=O) groups is 1. The summed E-state index contributed by atoms with van der Waals surface area (Å²) in [6.45, 7) is 6.67. The normalized spacial score (nSPS) is 13.1. The minimum Gasteiger partial charge on any atom is -0.486 e. The fraction of sp³-hybridized carbons (Fsp3) is 0.444. The van der Waals surface area contributed by atoms with Crippen LogP contribution in [-0.2, 0) is 6.54 Å². The van der Waals surface area contributed by atoms with Crippen LogP contribution in [0.15, 0.2) is 30.6 Å². The summed E-state index contributed by atoms with van der Waals surface area (Å²) in [5, 5.41) is 2.95. The minimum atomic E-state index is -0.132. The fourth-order valence-electron chi connectivity index (χ4n) is 2.81. The number of nitrogens with one attached hydrogen (secondary N) is 1. The van der Waals surface area contributed by atoms with Crippen molar-refractivity contribution in [2.24, 2.45) is 0 Å². The molecule has 24 heavy (non-hydrogen) atoms. The van der Waals surface area contributed by atoms with E-state index in [1.165, 1.54) is 0 Å². The van der Waals surface area contributed by atoms with Crippen LogP contribution in [0.25, 0.3) is 0 Å². The number of para-hydroxylation sites is 1. The van der Waals surface area contributed by atoms with E-state index in [4.69, 9.17) is 9.47 Å². The second-order valence-electron chi connectivity index (χ2n) is 6.07. The predicted octanol–water partition coefficient (Wildman–Crippen LogP) is 2.60. The van der Waals surface area contributed by atoms with E-state index in [2.05, 4.69) is 28.7 Å². The van der Waals surface area contributed by atoms with Gasteiger partial charge in [-0.15, -0.1) is 0 Å². The van der Waals surface area contributed by atoms with Crippen molar-refractivity contribution in [2.45, 2.75) is 32.7 Å². The summed E-state index contributed by atoms with van der Waals surface area (Å²) in [5.41, 5.74) is 0.526. The van der Waals surface area contributed by atoms with Gasteiger partial charge in [-0.05, 0) is 18.6 Å². The number of amides is 1. The van der Waals surface area contributed by atoms with Crippen molar-refractivity contribution in [3.63, 3.8) is 0 Å². The Bertz CT molecular complexity index is 709. The van der Waals surface area contributed by atoms with Crippen molar-refractivity contribution in [1.29, 1.82) is 0 Å². The van der Waals surface area contributed by atoms with E-state index in [1.807, 2.05) is 24.5 Å². The highest BCUT2D eigenvalue weighted by atomic mass is 16.6. The first-order valence-corrected chi connectivity index (χ1v) is 8.34. The topological polar surface area (TPSA) is 65.4 Å². The zero-order valence-corrected chi connectivity index (χ0v) is 14.1. The average Bonchev–Trinajstić information content (AvgIpc) is 3.07. The Morgan fingerprint density at radius 3 is 3.00 bits per heavy atom. The molecule has 1 aromatic heterocycles. The number of rotatable bonds is 6. The van der Waals surface area contributed by atoms with Crippen molar-refractivity contribution >= 4 is 5.91 Å². The number of hydrogen-bond acceptors (Lipinski definition) is 4. The van der Waals surface area contributed by atoms with Gasteiger partial charge in [0.25, 0.3) is 5.91 Å². The summed E-state index contributed by atoms with van der Waals surface area (Å²) < 4.78 is 13.2. The summed E-state index contributed by atoms with van der Waals surface area (Å²) in [5.74, 6) is 2.51. The molecular formula is C18H23N3O3. The first-order valence-electron chi connectivity index (χ1n) is 8.34. The van der Waals surface area contributed by atoms with Crippen molar-refractivity contribution in [3.05, 3.63) is 42.0 Å². The van der Waals surface area contributed by atoms with E-state index in [1.54, 1.807) is 6.07 Å². The maximum Gasteiger partial charge on any atom is 0.255 e. The number of imidazole rings is 1. The maximum absolute atomic E-state index is 12.4. The summed E-state index contributed by atoms with van der Waals surface area (Å²) in [7, 11) is 0. The molecule has 0 unspecified atom stereocenters. The third kappa shape index (κ3) is 3.53. The maximum atomic E-state index is 12.4. The van der Waals surface area contributed by atoms with Gasteiger partial charge in [-0.1, -0.05) is 19.9 Å². The standard InChI is InChI=1S/C18H23N3O3/c1-13(2)17-19-8-10-21(17)9-4-7-20-18(22)14-5-3-6-15-16(14)24-12-11-23-15/h3,5-6,8,10,13H,4,7,9,11-12H2,1-2H3,(H,20,22). The lowest BCUT2D eigenvalue weighted by Gasteiger charge is -2.20. The number of hydrogen-bond donors (Lipinski definition) is 1. The summed E-state index contributed by atoms with van der Waals surface area (Å²) >= 11 is 0. The lowest BCUT2D eigenvalue weighted by molar-refractivity contribution is 0.0941. The van der Waals surface area contributed by atoms with Crippen molar-refractivity contribution in [2.75, 3.05) is 19.8 Å². The number of aryl methyl sites for hydroxylation is 1. The van der Waals surface area contributed by atoms with E-state index >= 15 is 0 Å². The minimum absolute atomic E-state index is 0.132. The van der Waals surface area contributed by atoms with Crippen LogP contribution in [0.4, 0.5) is 0 Å². The zero-order chi connectivity index (χ0) is 16.9. The van der Waals surface area contributed by atoms with Gasteiger partial charge in [0.1, 0.15) is 19.0 Å². The quantitative estimate of drug-likeness (QED) is 0.827. The Morgan fingerprint density at radius 1 is 1.33 bits per heavy atom. The Morgan fingerprint density at radius 2 is 2.17 bits per heavy atom. The number of ether oxygens (including phenoxy) is 2. The second-order valence-corrected chi connectivity index (χ2v) is 6.07. The molecule has 128 valence electrons. The smallest absolute Gasteiger partial charge is 0.255 e. The molecule has 0 atom stereocenters. The van der Waals surface area contributed by atoms with Gasteiger partial charge in [-0.2, -0.15) is 0 Å². The van der Waals surface area contributed by atoms with Crippen molar-refractivity contribution < 1.29 is 14.3 Å².